The van der Waals surface area contributed by atoms with E-state index in [0.29, 0.717) is 37.0 Å². The van der Waals surface area contributed by atoms with Crippen LogP contribution < -0.4 is 11.1 Å². The molecule has 106 valence electrons. The zero-order chi connectivity index (χ0) is 13.9. The summed E-state index contributed by atoms with van der Waals surface area (Å²) in [5.41, 5.74) is 6.92. The van der Waals surface area contributed by atoms with Gasteiger partial charge in [-0.25, -0.2) is 9.97 Å². The van der Waals surface area contributed by atoms with E-state index in [0.717, 1.165) is 22.0 Å². The number of hydrogen-bond acceptors (Lipinski definition) is 7. The molecule has 0 fully saturated rings. The summed E-state index contributed by atoms with van der Waals surface area (Å²) < 4.78 is 5.36. The summed E-state index contributed by atoms with van der Waals surface area (Å²) in [6.45, 7) is 1.81. The van der Waals surface area contributed by atoms with Crippen molar-refractivity contribution < 1.29 is 9.53 Å². The molecular weight excluding hydrogens is 296 g/mol. The van der Waals surface area contributed by atoms with Gasteiger partial charge in [0.25, 0.3) is 5.91 Å². The standard InChI is InChI=1S/C12H14N4O2S2/c13-3-1-10-14-8(6-19-10)11(17)16-12-15-7-2-4-18-5-9(7)20-12/h6H,1-5,13H2,(H,15,16,17). The van der Waals surface area contributed by atoms with Crippen molar-refractivity contribution in [1.82, 2.24) is 9.97 Å². The summed E-state index contributed by atoms with van der Waals surface area (Å²) in [6.07, 6.45) is 1.50. The molecule has 1 aliphatic heterocycles. The summed E-state index contributed by atoms with van der Waals surface area (Å²) in [7, 11) is 0. The van der Waals surface area contributed by atoms with Gasteiger partial charge in [0.1, 0.15) is 5.69 Å². The maximum atomic E-state index is 12.1. The number of thiazole rings is 2. The van der Waals surface area contributed by atoms with Gasteiger partial charge in [-0.2, -0.15) is 0 Å². The van der Waals surface area contributed by atoms with Crippen LogP contribution in [0.4, 0.5) is 5.13 Å². The number of nitrogens with two attached hydrogens (primary N) is 1. The zero-order valence-electron chi connectivity index (χ0n) is 10.7. The molecule has 0 bridgehead atoms. The lowest BCUT2D eigenvalue weighted by atomic mass is 10.2. The van der Waals surface area contributed by atoms with Crippen LogP contribution in [0, 0.1) is 0 Å². The Morgan fingerprint density at radius 1 is 1.50 bits per heavy atom. The van der Waals surface area contributed by atoms with Crippen molar-refractivity contribution >= 4 is 33.7 Å². The average molecular weight is 310 g/mol. The molecule has 20 heavy (non-hydrogen) atoms. The second-order valence-electron chi connectivity index (χ2n) is 4.31. The Bertz CT molecular complexity index is 599. The Balaban J connectivity index is 1.70. The van der Waals surface area contributed by atoms with Gasteiger partial charge in [-0.3, -0.25) is 10.1 Å². The molecule has 1 amide bonds. The highest BCUT2D eigenvalue weighted by molar-refractivity contribution is 7.16. The first kappa shape index (κ1) is 13.6. The van der Waals surface area contributed by atoms with Crippen LogP contribution in [0.1, 0.15) is 26.1 Å². The van der Waals surface area contributed by atoms with Crippen LogP contribution in [0.5, 0.6) is 0 Å². The maximum absolute atomic E-state index is 12.1. The van der Waals surface area contributed by atoms with Crippen LogP contribution in [-0.2, 0) is 24.2 Å². The average Bonchev–Trinajstić information content (AvgIpc) is 3.04. The lowest BCUT2D eigenvalue weighted by Gasteiger charge is -2.08. The monoisotopic (exact) mass is 310 g/mol. The third-order valence-corrected chi connectivity index (χ3v) is 4.75. The maximum Gasteiger partial charge on any atom is 0.276 e. The van der Waals surface area contributed by atoms with Crippen LogP contribution in [0.25, 0.3) is 0 Å². The van der Waals surface area contributed by atoms with E-state index >= 15 is 0 Å². The van der Waals surface area contributed by atoms with Gasteiger partial charge in [0, 0.05) is 18.2 Å². The fourth-order valence-corrected chi connectivity index (χ4v) is 3.63. The molecule has 6 nitrogen and oxygen atoms in total. The smallest absolute Gasteiger partial charge is 0.276 e. The molecule has 0 unspecified atom stereocenters. The number of aromatic nitrogens is 2. The topological polar surface area (TPSA) is 90.1 Å². The van der Waals surface area contributed by atoms with Gasteiger partial charge < -0.3 is 10.5 Å². The van der Waals surface area contributed by atoms with Crippen molar-refractivity contribution in [3.8, 4) is 0 Å². The van der Waals surface area contributed by atoms with E-state index in [1.54, 1.807) is 5.38 Å². The predicted molar refractivity (Wildman–Crippen MR) is 78.3 cm³/mol. The molecule has 0 spiro atoms. The summed E-state index contributed by atoms with van der Waals surface area (Å²) in [5, 5.41) is 6.03. The molecule has 3 N–H and O–H groups in total. The van der Waals surface area contributed by atoms with Gasteiger partial charge in [0.15, 0.2) is 5.13 Å². The van der Waals surface area contributed by atoms with Gasteiger partial charge in [0.2, 0.25) is 0 Å². The lowest BCUT2D eigenvalue weighted by molar-refractivity contribution is 0.102. The SMILES string of the molecule is NCCc1nc(C(=O)Nc2nc3c(s2)COCC3)cs1. The van der Waals surface area contributed by atoms with Crippen LogP contribution >= 0.6 is 22.7 Å². The summed E-state index contributed by atoms with van der Waals surface area (Å²) >= 11 is 2.91. The zero-order valence-corrected chi connectivity index (χ0v) is 12.4. The Morgan fingerprint density at radius 3 is 3.20 bits per heavy atom. The molecular formula is C12H14N4O2S2. The van der Waals surface area contributed by atoms with Gasteiger partial charge in [-0.15, -0.1) is 11.3 Å². The highest BCUT2D eigenvalue weighted by Gasteiger charge is 2.18. The molecule has 0 saturated carbocycles. The minimum Gasteiger partial charge on any atom is -0.375 e. The number of nitrogens with one attached hydrogen (secondary N) is 1. The van der Waals surface area contributed by atoms with Crippen LogP contribution in [0.3, 0.4) is 0 Å². The van der Waals surface area contributed by atoms with Crippen LogP contribution in [-0.4, -0.2) is 29.0 Å². The van der Waals surface area contributed by atoms with E-state index in [9.17, 15) is 4.79 Å². The van der Waals surface area contributed by atoms with E-state index in [1.807, 2.05) is 0 Å². The van der Waals surface area contributed by atoms with E-state index in [-0.39, 0.29) is 5.91 Å². The largest absolute Gasteiger partial charge is 0.375 e. The molecule has 0 radical (unpaired) electrons. The van der Waals surface area contributed by atoms with E-state index in [4.69, 9.17) is 10.5 Å². The number of fused-ring (bicyclic) bond motifs is 1. The first-order valence-corrected chi connectivity index (χ1v) is 7.98. The molecule has 2 aromatic heterocycles. The van der Waals surface area contributed by atoms with Crippen molar-refractivity contribution in [3.05, 3.63) is 26.7 Å². The van der Waals surface area contributed by atoms with Gasteiger partial charge in [-0.1, -0.05) is 11.3 Å². The van der Waals surface area contributed by atoms with Crippen molar-refractivity contribution in [2.45, 2.75) is 19.4 Å². The summed E-state index contributed by atoms with van der Waals surface area (Å²) in [4.78, 5) is 21.9. The fourth-order valence-electron chi connectivity index (χ4n) is 1.89. The quantitative estimate of drug-likeness (QED) is 0.891. The van der Waals surface area contributed by atoms with Gasteiger partial charge >= 0.3 is 0 Å². The molecule has 0 saturated heterocycles. The fraction of sp³-hybridized carbons (Fsp3) is 0.417. The highest BCUT2D eigenvalue weighted by atomic mass is 32.1. The molecule has 0 aromatic carbocycles. The number of carbonyl (C=O) groups excluding carboxylic acids is 1. The number of anilines is 1. The van der Waals surface area contributed by atoms with E-state index in [1.165, 1.54) is 22.7 Å². The summed E-state index contributed by atoms with van der Waals surface area (Å²) in [5.74, 6) is -0.225. The lowest BCUT2D eigenvalue weighted by Crippen LogP contribution is -2.13. The highest BCUT2D eigenvalue weighted by Crippen LogP contribution is 2.27. The third-order valence-electron chi connectivity index (χ3n) is 2.86. The number of rotatable bonds is 4. The third kappa shape index (κ3) is 2.88. The van der Waals surface area contributed by atoms with Crippen molar-refractivity contribution in [1.29, 1.82) is 0 Å². The minimum absolute atomic E-state index is 0.225. The predicted octanol–water partition coefficient (Wildman–Crippen LogP) is 1.43. The van der Waals surface area contributed by atoms with E-state index < -0.39 is 0 Å². The first-order valence-electron chi connectivity index (χ1n) is 6.28. The Hall–Kier alpha value is -1.35. The number of carbonyl (C=O) groups is 1. The molecule has 0 aliphatic carbocycles. The molecule has 3 rings (SSSR count). The Morgan fingerprint density at radius 2 is 2.40 bits per heavy atom. The number of amides is 1. The van der Waals surface area contributed by atoms with E-state index in [2.05, 4.69) is 15.3 Å². The second kappa shape index (κ2) is 5.96. The Kier molecular flexibility index (Phi) is 4.06. The Labute approximate surface area is 124 Å². The molecule has 1 aliphatic rings. The van der Waals surface area contributed by atoms with Crippen molar-refractivity contribution in [2.24, 2.45) is 5.73 Å². The normalized spacial score (nSPS) is 14.1. The van der Waals surface area contributed by atoms with Crippen molar-refractivity contribution in [3.63, 3.8) is 0 Å². The number of ether oxygens (including phenoxy) is 1. The number of hydrogen-bond donors (Lipinski definition) is 2. The molecule has 2 aromatic rings. The van der Waals surface area contributed by atoms with Crippen LogP contribution in [0.15, 0.2) is 5.38 Å². The minimum atomic E-state index is -0.225. The summed E-state index contributed by atoms with van der Waals surface area (Å²) in [6, 6.07) is 0. The first-order chi connectivity index (χ1) is 9.76. The molecule has 3 heterocycles. The van der Waals surface area contributed by atoms with Crippen LogP contribution in [0.2, 0.25) is 0 Å². The second-order valence-corrected chi connectivity index (χ2v) is 6.34. The molecule has 0 atom stereocenters. The molecule has 8 heteroatoms. The van der Waals surface area contributed by atoms with Gasteiger partial charge in [0.05, 0.1) is 28.8 Å². The van der Waals surface area contributed by atoms with Gasteiger partial charge in [-0.05, 0) is 6.54 Å². The number of nitrogens with zero attached hydrogens (tertiary/aromatic N) is 2. The van der Waals surface area contributed by atoms with Crippen molar-refractivity contribution in [2.75, 3.05) is 18.5 Å².